The number of anilines is 1. The number of nitrogens with zero attached hydrogens (tertiary/aromatic N) is 3. The number of nitrogens with one attached hydrogen (secondary N) is 1. The van der Waals surface area contributed by atoms with Gasteiger partial charge in [0.1, 0.15) is 10.6 Å². The van der Waals surface area contributed by atoms with Gasteiger partial charge in [-0.3, -0.25) is 34.8 Å². The van der Waals surface area contributed by atoms with E-state index < -0.39 is 51.2 Å². The minimum Gasteiger partial charge on any atom is -0.282 e. The van der Waals surface area contributed by atoms with E-state index in [2.05, 4.69) is 10.5 Å². The van der Waals surface area contributed by atoms with Crippen molar-refractivity contribution in [3.8, 4) is 0 Å². The van der Waals surface area contributed by atoms with E-state index in [4.69, 9.17) is 4.55 Å². The first-order valence-corrected chi connectivity index (χ1v) is 9.99. The number of rotatable bonds is 7. The first-order valence-electron chi connectivity index (χ1n) is 7.11. The summed E-state index contributed by atoms with van der Waals surface area (Å²) in [4.78, 5) is 18.3. The molecular weight excluding hydrogens is 482 g/mol. The van der Waals surface area contributed by atoms with Gasteiger partial charge in [0.2, 0.25) is 0 Å². The fraction of sp³-hybridized carbons (Fsp3) is 0. The number of nitro groups is 2. The first-order chi connectivity index (χ1) is 13.3. The smallest absolute Gasteiger partial charge is 0.282 e. The minimum absolute atomic E-state index is 0. The van der Waals surface area contributed by atoms with Crippen molar-refractivity contribution in [2.45, 2.75) is 9.79 Å². The van der Waals surface area contributed by atoms with Crippen molar-refractivity contribution in [3.05, 3.63) is 62.2 Å². The quantitative estimate of drug-likeness (QED) is 0.160. The van der Waals surface area contributed by atoms with Crippen molar-refractivity contribution in [2.24, 2.45) is 5.10 Å². The van der Waals surface area contributed by atoms with E-state index in [0.717, 1.165) is 30.5 Å². The molecular formula is C13H10N4Na2O10S2. The number of hydrazone groups is 1. The molecule has 2 aromatic carbocycles. The molecule has 14 nitrogen and oxygen atoms in total. The minimum atomic E-state index is -4.93. The molecule has 18 heteroatoms. The van der Waals surface area contributed by atoms with E-state index in [0.29, 0.717) is 12.1 Å². The Bertz CT molecular complexity index is 1250. The predicted molar refractivity (Wildman–Crippen MR) is 109 cm³/mol. The third kappa shape index (κ3) is 7.86. The Hall–Kier alpha value is -1.47. The van der Waals surface area contributed by atoms with Gasteiger partial charge in [0.15, 0.2) is 0 Å². The van der Waals surface area contributed by atoms with Crippen LogP contribution in [0.3, 0.4) is 0 Å². The van der Waals surface area contributed by atoms with Gasteiger partial charge in [-0.15, -0.1) is 0 Å². The second-order valence-electron chi connectivity index (χ2n) is 5.24. The van der Waals surface area contributed by atoms with Crippen LogP contribution < -0.4 is 5.43 Å². The molecule has 3 N–H and O–H groups in total. The van der Waals surface area contributed by atoms with Crippen molar-refractivity contribution in [2.75, 3.05) is 5.43 Å². The summed E-state index contributed by atoms with van der Waals surface area (Å²) in [5.74, 6) is 0. The Labute approximate surface area is 219 Å². The predicted octanol–water partition coefficient (Wildman–Crippen LogP) is 0.681. The molecule has 2 aromatic rings. The zero-order chi connectivity index (χ0) is 22.0. The second kappa shape index (κ2) is 11.4. The van der Waals surface area contributed by atoms with Crippen LogP contribution in [0.5, 0.6) is 0 Å². The van der Waals surface area contributed by atoms with Crippen LogP contribution in [-0.4, -0.2) is 101 Å². The summed E-state index contributed by atoms with van der Waals surface area (Å²) in [6, 6.07) is 4.87. The first kappa shape index (κ1) is 29.5. The molecule has 2 radical (unpaired) electrons. The zero-order valence-corrected chi connectivity index (χ0v) is 21.5. The topological polar surface area (TPSA) is 219 Å². The van der Waals surface area contributed by atoms with E-state index in [9.17, 15) is 41.6 Å². The largest absolute Gasteiger partial charge is 0.301 e. The molecule has 0 aromatic heterocycles. The molecule has 0 saturated carbocycles. The Kier molecular flexibility index (Phi) is 10.9. The summed E-state index contributed by atoms with van der Waals surface area (Å²) in [5.41, 5.74) is 0.380. The molecule has 31 heavy (non-hydrogen) atoms. The van der Waals surface area contributed by atoms with E-state index in [-0.39, 0.29) is 70.4 Å². The normalized spacial score (nSPS) is 11.3. The Morgan fingerprint density at radius 1 is 0.903 bits per heavy atom. The monoisotopic (exact) mass is 492 g/mol. The average molecular weight is 492 g/mol. The summed E-state index contributed by atoms with van der Waals surface area (Å²) in [6.45, 7) is 0. The average Bonchev–Trinajstić information content (AvgIpc) is 2.60. The van der Waals surface area contributed by atoms with Crippen LogP contribution in [0, 0.1) is 20.2 Å². The summed E-state index contributed by atoms with van der Waals surface area (Å²) in [6.07, 6.45) is 0.794. The Morgan fingerprint density at radius 2 is 1.52 bits per heavy atom. The van der Waals surface area contributed by atoms with E-state index in [1.54, 1.807) is 0 Å². The molecule has 0 heterocycles. The zero-order valence-electron chi connectivity index (χ0n) is 15.9. The Morgan fingerprint density at radius 3 is 2.00 bits per heavy atom. The molecule has 156 valence electrons. The fourth-order valence-electron chi connectivity index (χ4n) is 2.06. The summed E-state index contributed by atoms with van der Waals surface area (Å²) in [7, 11) is -9.68. The van der Waals surface area contributed by atoms with Crippen molar-refractivity contribution < 1.29 is 35.8 Å². The SMILES string of the molecule is O=[N+]([O-])c1ccc(NN=Cc2ccc(S(=O)(=O)O)cc2S(=O)(=O)O)c([N+](=O)[O-])c1.[Na].[Na]. The van der Waals surface area contributed by atoms with Crippen LogP contribution in [0.2, 0.25) is 0 Å². The molecule has 0 amide bonds. The van der Waals surface area contributed by atoms with Crippen LogP contribution in [0.1, 0.15) is 5.56 Å². The van der Waals surface area contributed by atoms with Gasteiger partial charge in [0, 0.05) is 70.7 Å². The molecule has 0 spiro atoms. The van der Waals surface area contributed by atoms with Gasteiger partial charge in [-0.05, 0) is 18.2 Å². The van der Waals surface area contributed by atoms with Gasteiger partial charge in [-0.1, -0.05) is 6.07 Å². The van der Waals surface area contributed by atoms with Gasteiger partial charge in [0.25, 0.3) is 25.9 Å². The number of benzene rings is 2. The van der Waals surface area contributed by atoms with Gasteiger partial charge < -0.3 is 0 Å². The molecule has 0 aliphatic rings. The molecule has 2 rings (SSSR count). The van der Waals surface area contributed by atoms with Gasteiger partial charge in [-0.2, -0.15) is 21.9 Å². The van der Waals surface area contributed by atoms with E-state index in [1.165, 1.54) is 0 Å². The van der Waals surface area contributed by atoms with Gasteiger partial charge in [-0.25, -0.2) is 0 Å². The van der Waals surface area contributed by atoms with Crippen LogP contribution in [-0.2, 0) is 20.2 Å². The van der Waals surface area contributed by atoms with Crippen LogP contribution >= 0.6 is 0 Å². The summed E-state index contributed by atoms with van der Waals surface area (Å²) >= 11 is 0. The second-order valence-corrected chi connectivity index (χ2v) is 8.05. The number of nitro benzene ring substituents is 2. The number of hydrogen-bond donors (Lipinski definition) is 3. The molecule has 0 aliphatic carbocycles. The van der Waals surface area contributed by atoms with Crippen molar-refractivity contribution >= 4 is 103 Å². The molecule has 0 unspecified atom stereocenters. The molecule has 0 bridgehead atoms. The van der Waals surface area contributed by atoms with E-state index >= 15 is 0 Å². The standard InChI is InChI=1S/C13H10N4O10S2.2Na/c18-16(19)9-2-4-11(12(5-9)17(20)21)15-14-7-8-1-3-10(28(22,23)24)6-13(8)29(25,26)27;;/h1-7,15H,(H,22,23,24)(H,25,26,27);;. The maximum Gasteiger partial charge on any atom is 0.301 e. The number of non-ortho nitro benzene ring substituents is 1. The van der Waals surface area contributed by atoms with Crippen LogP contribution in [0.25, 0.3) is 0 Å². The maximum atomic E-state index is 11.5. The maximum absolute atomic E-state index is 11.5. The van der Waals surface area contributed by atoms with Crippen molar-refractivity contribution in [3.63, 3.8) is 0 Å². The molecule has 0 aliphatic heterocycles. The fourth-order valence-corrected chi connectivity index (χ4v) is 3.33. The molecule has 0 fully saturated rings. The van der Waals surface area contributed by atoms with E-state index in [1.807, 2.05) is 0 Å². The van der Waals surface area contributed by atoms with Crippen molar-refractivity contribution in [1.29, 1.82) is 0 Å². The van der Waals surface area contributed by atoms with Gasteiger partial charge >= 0.3 is 5.69 Å². The van der Waals surface area contributed by atoms with Crippen LogP contribution in [0.15, 0.2) is 51.3 Å². The molecule has 0 saturated heterocycles. The summed E-state index contributed by atoms with van der Waals surface area (Å²) in [5, 5.41) is 25.3. The summed E-state index contributed by atoms with van der Waals surface area (Å²) < 4.78 is 63.4. The Balaban J connectivity index is 0.00000450. The third-order valence-electron chi connectivity index (χ3n) is 3.34. The van der Waals surface area contributed by atoms with Crippen LogP contribution in [0.4, 0.5) is 17.1 Å². The number of hydrogen-bond acceptors (Lipinski definition) is 10. The van der Waals surface area contributed by atoms with Gasteiger partial charge in [0.05, 0.1) is 27.0 Å². The van der Waals surface area contributed by atoms with Crippen molar-refractivity contribution in [1.82, 2.24) is 0 Å². The molecule has 0 atom stereocenters. The third-order valence-corrected chi connectivity index (χ3v) is 5.10.